The molecule has 0 aliphatic carbocycles. The van der Waals surface area contributed by atoms with Gasteiger partial charge in [0.05, 0.1) is 0 Å². The fourth-order valence-corrected chi connectivity index (χ4v) is 2.91. The number of likely N-dealkylation sites (N-methyl/N-ethyl adjacent to an activating group) is 1. The molecule has 0 aliphatic rings. The van der Waals surface area contributed by atoms with Gasteiger partial charge in [-0.25, -0.2) is 0 Å². The summed E-state index contributed by atoms with van der Waals surface area (Å²) in [5.41, 5.74) is 0.708. The lowest BCUT2D eigenvalue weighted by Gasteiger charge is -2.08. The first-order valence-electron chi connectivity index (χ1n) is 8.14. The number of amides is 2. The lowest BCUT2D eigenvalue weighted by atomic mass is 10.3. The van der Waals surface area contributed by atoms with Gasteiger partial charge in [0, 0.05) is 29.3 Å². The van der Waals surface area contributed by atoms with Gasteiger partial charge in [0.2, 0.25) is 5.91 Å². The van der Waals surface area contributed by atoms with Gasteiger partial charge in [0.25, 0.3) is 5.91 Å². The average Bonchev–Trinajstić information content (AvgIpc) is 2.62. The molecule has 2 aromatic carbocycles. The highest BCUT2D eigenvalue weighted by Crippen LogP contribution is 2.19. The second-order valence-electron chi connectivity index (χ2n) is 5.23. The average molecular weight is 358 g/mol. The van der Waals surface area contributed by atoms with Gasteiger partial charge in [-0.15, -0.1) is 11.8 Å². The summed E-state index contributed by atoms with van der Waals surface area (Å²) in [6.07, 6.45) is 0.439. The standard InChI is InChI=1S/C19H22N2O3S/c1-2-20-19(23)14-24-16-10-8-15(9-11-16)21-18(22)12-13-25-17-6-4-3-5-7-17/h3-11H,2,12-14H2,1H3,(H,20,23)(H,21,22). The van der Waals surface area contributed by atoms with E-state index in [9.17, 15) is 9.59 Å². The van der Waals surface area contributed by atoms with E-state index in [-0.39, 0.29) is 18.4 Å². The number of ether oxygens (including phenoxy) is 1. The van der Waals surface area contributed by atoms with Crippen molar-refractivity contribution in [3.63, 3.8) is 0 Å². The number of thioether (sulfide) groups is 1. The molecule has 2 aromatic rings. The fraction of sp³-hybridized carbons (Fsp3) is 0.263. The maximum Gasteiger partial charge on any atom is 0.257 e. The summed E-state index contributed by atoms with van der Waals surface area (Å²) in [7, 11) is 0. The molecule has 0 saturated heterocycles. The molecule has 0 spiro atoms. The Labute approximate surface area is 152 Å². The van der Waals surface area contributed by atoms with Gasteiger partial charge < -0.3 is 15.4 Å². The van der Waals surface area contributed by atoms with Crippen molar-refractivity contribution in [1.29, 1.82) is 0 Å². The zero-order chi connectivity index (χ0) is 17.9. The normalized spacial score (nSPS) is 10.1. The van der Waals surface area contributed by atoms with Crippen LogP contribution in [0.4, 0.5) is 5.69 Å². The summed E-state index contributed by atoms with van der Waals surface area (Å²) in [4.78, 5) is 24.5. The molecule has 0 aromatic heterocycles. The molecule has 0 aliphatic heterocycles. The third-order valence-corrected chi connectivity index (χ3v) is 4.24. The molecule has 2 rings (SSSR count). The molecule has 0 bridgehead atoms. The van der Waals surface area contributed by atoms with Gasteiger partial charge in [-0.2, -0.15) is 0 Å². The highest BCUT2D eigenvalue weighted by Gasteiger charge is 2.04. The van der Waals surface area contributed by atoms with Crippen LogP contribution in [-0.4, -0.2) is 30.7 Å². The Kier molecular flexibility index (Phi) is 7.85. The molecule has 0 radical (unpaired) electrons. The summed E-state index contributed by atoms with van der Waals surface area (Å²) in [6.45, 7) is 2.42. The van der Waals surface area contributed by atoms with Crippen molar-refractivity contribution in [2.24, 2.45) is 0 Å². The number of benzene rings is 2. The predicted molar refractivity (Wildman–Crippen MR) is 101 cm³/mol. The van der Waals surface area contributed by atoms with Crippen LogP contribution in [0.15, 0.2) is 59.5 Å². The Morgan fingerprint density at radius 2 is 1.72 bits per heavy atom. The highest BCUT2D eigenvalue weighted by molar-refractivity contribution is 7.99. The first kappa shape index (κ1) is 18.9. The largest absolute Gasteiger partial charge is 0.484 e. The maximum atomic E-state index is 12.0. The maximum absolute atomic E-state index is 12.0. The number of nitrogens with one attached hydrogen (secondary N) is 2. The van der Waals surface area contributed by atoms with Gasteiger partial charge in [-0.05, 0) is 43.3 Å². The van der Waals surface area contributed by atoms with Gasteiger partial charge in [0.15, 0.2) is 6.61 Å². The topological polar surface area (TPSA) is 67.4 Å². The van der Waals surface area contributed by atoms with Crippen LogP contribution in [0.25, 0.3) is 0 Å². The molecule has 5 nitrogen and oxygen atoms in total. The monoisotopic (exact) mass is 358 g/mol. The van der Waals surface area contributed by atoms with E-state index < -0.39 is 0 Å². The number of hydrogen-bond donors (Lipinski definition) is 2. The quantitative estimate of drug-likeness (QED) is 0.675. The molecule has 0 fully saturated rings. The minimum atomic E-state index is -0.157. The van der Waals surface area contributed by atoms with Gasteiger partial charge >= 0.3 is 0 Å². The minimum Gasteiger partial charge on any atom is -0.484 e. The summed E-state index contributed by atoms with van der Waals surface area (Å²) in [5, 5.41) is 5.52. The molecule has 2 N–H and O–H groups in total. The second kappa shape index (κ2) is 10.4. The zero-order valence-electron chi connectivity index (χ0n) is 14.2. The van der Waals surface area contributed by atoms with Crippen LogP contribution in [-0.2, 0) is 9.59 Å². The first-order valence-corrected chi connectivity index (χ1v) is 9.13. The summed E-state index contributed by atoms with van der Waals surface area (Å²) in [6, 6.07) is 17.0. The van der Waals surface area contributed by atoms with Crippen LogP contribution in [0.5, 0.6) is 5.75 Å². The van der Waals surface area contributed by atoms with E-state index in [1.807, 2.05) is 37.3 Å². The molecule has 25 heavy (non-hydrogen) atoms. The van der Waals surface area contributed by atoms with Crippen molar-refractivity contribution in [3.05, 3.63) is 54.6 Å². The number of anilines is 1. The van der Waals surface area contributed by atoms with Crippen LogP contribution in [0.1, 0.15) is 13.3 Å². The summed E-state index contributed by atoms with van der Waals surface area (Å²) in [5.74, 6) is 1.13. The molecule has 0 heterocycles. The van der Waals surface area contributed by atoms with E-state index in [0.717, 1.165) is 10.6 Å². The van der Waals surface area contributed by atoms with Gasteiger partial charge in [-0.1, -0.05) is 18.2 Å². The predicted octanol–water partition coefficient (Wildman–Crippen LogP) is 3.32. The van der Waals surface area contributed by atoms with Crippen molar-refractivity contribution in [1.82, 2.24) is 5.32 Å². The highest BCUT2D eigenvalue weighted by atomic mass is 32.2. The number of carbonyl (C=O) groups is 2. The zero-order valence-corrected chi connectivity index (χ0v) is 15.0. The van der Waals surface area contributed by atoms with Crippen molar-refractivity contribution in [2.75, 3.05) is 24.2 Å². The number of hydrogen-bond acceptors (Lipinski definition) is 4. The van der Waals surface area contributed by atoms with Crippen molar-refractivity contribution < 1.29 is 14.3 Å². The van der Waals surface area contributed by atoms with Crippen molar-refractivity contribution >= 4 is 29.3 Å². The second-order valence-corrected chi connectivity index (χ2v) is 6.39. The smallest absolute Gasteiger partial charge is 0.257 e. The number of rotatable bonds is 9. The molecule has 0 saturated carbocycles. The van der Waals surface area contributed by atoms with E-state index in [1.54, 1.807) is 36.0 Å². The third-order valence-electron chi connectivity index (χ3n) is 3.22. The van der Waals surface area contributed by atoms with Gasteiger partial charge in [0.1, 0.15) is 5.75 Å². The van der Waals surface area contributed by atoms with E-state index in [0.29, 0.717) is 24.4 Å². The van der Waals surface area contributed by atoms with E-state index in [2.05, 4.69) is 10.6 Å². The van der Waals surface area contributed by atoms with Crippen LogP contribution in [0.2, 0.25) is 0 Å². The molecule has 132 valence electrons. The van der Waals surface area contributed by atoms with Crippen LogP contribution >= 0.6 is 11.8 Å². The Bertz CT molecular complexity index is 675. The number of carbonyl (C=O) groups excluding carboxylic acids is 2. The van der Waals surface area contributed by atoms with Crippen LogP contribution in [0, 0.1) is 0 Å². The lowest BCUT2D eigenvalue weighted by Crippen LogP contribution is -2.28. The molecule has 2 amide bonds. The van der Waals surface area contributed by atoms with E-state index >= 15 is 0 Å². The van der Waals surface area contributed by atoms with Crippen molar-refractivity contribution in [3.8, 4) is 5.75 Å². The summed E-state index contributed by atoms with van der Waals surface area (Å²) >= 11 is 1.66. The molecule has 0 unspecified atom stereocenters. The molecular weight excluding hydrogens is 336 g/mol. The Morgan fingerprint density at radius 3 is 2.40 bits per heavy atom. The minimum absolute atomic E-state index is 0.0176. The van der Waals surface area contributed by atoms with Crippen LogP contribution < -0.4 is 15.4 Å². The Balaban J connectivity index is 1.71. The first-order chi connectivity index (χ1) is 12.2. The molecule has 6 heteroatoms. The van der Waals surface area contributed by atoms with Crippen molar-refractivity contribution in [2.45, 2.75) is 18.2 Å². The Hall–Kier alpha value is -2.47. The molecule has 0 atom stereocenters. The van der Waals surface area contributed by atoms with E-state index in [1.165, 1.54) is 0 Å². The Morgan fingerprint density at radius 1 is 1.00 bits per heavy atom. The van der Waals surface area contributed by atoms with E-state index in [4.69, 9.17) is 4.74 Å². The molecular formula is C19H22N2O3S. The third kappa shape index (κ3) is 7.30. The van der Waals surface area contributed by atoms with Crippen LogP contribution in [0.3, 0.4) is 0 Å². The SMILES string of the molecule is CCNC(=O)COc1ccc(NC(=O)CCSc2ccccc2)cc1. The van der Waals surface area contributed by atoms with Gasteiger partial charge in [-0.3, -0.25) is 9.59 Å². The lowest BCUT2D eigenvalue weighted by molar-refractivity contribution is -0.123. The summed E-state index contributed by atoms with van der Waals surface area (Å²) < 4.78 is 5.37. The fourth-order valence-electron chi connectivity index (χ4n) is 2.03.